The Morgan fingerprint density at radius 1 is 1.21 bits per heavy atom. The number of nitrogens with zero attached hydrogens (tertiary/aromatic N) is 2. The fraction of sp³-hybridized carbons (Fsp3) is 0.538. The number of fused-ring (bicyclic) bond motifs is 2. The number of halogens is 3. The van der Waals surface area contributed by atoms with Crippen molar-refractivity contribution in [3.8, 4) is 0 Å². The smallest absolute Gasteiger partial charge is 0.335 e. The van der Waals surface area contributed by atoms with Crippen LogP contribution in [0.25, 0.3) is 0 Å². The number of carbonyl (C=O) groups is 1. The van der Waals surface area contributed by atoms with Crippen LogP contribution in [0.5, 0.6) is 0 Å². The van der Waals surface area contributed by atoms with Crippen LogP contribution in [-0.2, 0) is 22.8 Å². The first-order valence-electron chi connectivity index (χ1n) is 11.9. The first-order chi connectivity index (χ1) is 15.8. The predicted octanol–water partition coefficient (Wildman–Crippen LogP) is 4.89. The number of nitrogens with one attached hydrogen (secondary N) is 1. The Kier molecular flexibility index (Phi) is 5.71. The number of hydrogen-bond acceptors (Lipinski definition) is 3. The third kappa shape index (κ3) is 3.84. The standard InChI is InChI=1S/C26H30F3N3O/c1-17-10-13-32(22(14-17)18-6-3-2-4-7-18)24(33)20-15-30-16-25(20)11-5-8-21-23(25)19(9-12-31-21)26(27,28)29/h2-4,6-7,9,12,17,20,22,30H,5,8,10-11,13-16H2,1H3/t17-,20?,22+,25-/m1/s1. The molecule has 1 aliphatic carbocycles. The summed E-state index contributed by atoms with van der Waals surface area (Å²) < 4.78 is 42.2. The highest BCUT2D eigenvalue weighted by Crippen LogP contribution is 2.50. The lowest BCUT2D eigenvalue weighted by atomic mass is 9.63. The summed E-state index contributed by atoms with van der Waals surface area (Å²) in [5, 5.41) is 3.29. The van der Waals surface area contributed by atoms with E-state index in [0.29, 0.717) is 44.1 Å². The Balaban J connectivity index is 1.56. The maximum absolute atomic E-state index is 14.1. The van der Waals surface area contributed by atoms with E-state index in [-0.39, 0.29) is 17.5 Å². The molecule has 176 valence electrons. The average molecular weight is 458 g/mol. The molecular formula is C26H30F3N3O. The summed E-state index contributed by atoms with van der Waals surface area (Å²) in [5.41, 5.74) is 0.367. The van der Waals surface area contributed by atoms with E-state index < -0.39 is 23.1 Å². The quantitative estimate of drug-likeness (QED) is 0.698. The number of amides is 1. The van der Waals surface area contributed by atoms with Gasteiger partial charge in [0.05, 0.1) is 17.5 Å². The number of likely N-dealkylation sites (tertiary alicyclic amines) is 1. The van der Waals surface area contributed by atoms with Crippen LogP contribution in [0.15, 0.2) is 42.6 Å². The molecule has 0 radical (unpaired) electrons. The fourth-order valence-electron chi connectivity index (χ4n) is 6.39. The molecule has 2 aliphatic heterocycles. The first-order valence-corrected chi connectivity index (χ1v) is 11.9. The summed E-state index contributed by atoms with van der Waals surface area (Å²) in [6.45, 7) is 3.62. The topological polar surface area (TPSA) is 45.2 Å². The minimum atomic E-state index is -4.47. The Morgan fingerprint density at radius 3 is 2.76 bits per heavy atom. The summed E-state index contributed by atoms with van der Waals surface area (Å²) in [6, 6.07) is 11.1. The molecule has 33 heavy (non-hydrogen) atoms. The second kappa shape index (κ2) is 8.42. The van der Waals surface area contributed by atoms with E-state index >= 15 is 0 Å². The second-order valence-corrected chi connectivity index (χ2v) is 9.96. The molecule has 2 saturated heterocycles. The van der Waals surface area contributed by atoms with Crippen LogP contribution in [0.2, 0.25) is 0 Å². The second-order valence-electron chi connectivity index (χ2n) is 9.96. The monoisotopic (exact) mass is 457 g/mol. The van der Waals surface area contributed by atoms with Crippen LogP contribution < -0.4 is 5.32 Å². The third-order valence-electron chi connectivity index (χ3n) is 7.96. The first kappa shape index (κ1) is 22.4. The van der Waals surface area contributed by atoms with Crippen molar-refractivity contribution in [1.82, 2.24) is 15.2 Å². The van der Waals surface area contributed by atoms with E-state index in [1.54, 1.807) is 0 Å². The molecule has 1 unspecified atom stereocenters. The Hall–Kier alpha value is -2.41. The Labute approximate surface area is 192 Å². The van der Waals surface area contributed by atoms with Crippen LogP contribution in [0, 0.1) is 11.8 Å². The van der Waals surface area contributed by atoms with Crippen molar-refractivity contribution in [2.75, 3.05) is 19.6 Å². The lowest BCUT2D eigenvalue weighted by Gasteiger charge is -2.45. The van der Waals surface area contributed by atoms with Gasteiger partial charge in [0.15, 0.2) is 0 Å². The molecule has 1 aromatic carbocycles. The largest absolute Gasteiger partial charge is 0.416 e. The SMILES string of the molecule is C[C@@H]1CCN(C(=O)C2CNC[C@]23CCCc2nccc(C(F)(F)F)c23)[C@H](c2ccccc2)C1. The molecule has 3 heterocycles. The highest BCUT2D eigenvalue weighted by Gasteiger charge is 2.55. The molecule has 2 fully saturated rings. The summed E-state index contributed by atoms with van der Waals surface area (Å²) in [7, 11) is 0. The average Bonchev–Trinajstić information content (AvgIpc) is 3.22. The van der Waals surface area contributed by atoms with Crippen molar-refractivity contribution in [2.24, 2.45) is 11.8 Å². The lowest BCUT2D eigenvalue weighted by Crippen LogP contribution is -2.51. The van der Waals surface area contributed by atoms with Crippen molar-refractivity contribution in [1.29, 1.82) is 0 Å². The van der Waals surface area contributed by atoms with Crippen molar-refractivity contribution >= 4 is 5.91 Å². The molecule has 1 N–H and O–H groups in total. The minimum Gasteiger partial charge on any atom is -0.335 e. The predicted molar refractivity (Wildman–Crippen MR) is 120 cm³/mol. The lowest BCUT2D eigenvalue weighted by molar-refractivity contribution is -0.144. The number of aromatic nitrogens is 1. The summed E-state index contributed by atoms with van der Waals surface area (Å²) in [4.78, 5) is 20.4. The van der Waals surface area contributed by atoms with E-state index in [0.717, 1.165) is 30.9 Å². The van der Waals surface area contributed by atoms with Crippen LogP contribution in [0.1, 0.15) is 61.0 Å². The normalized spacial score (nSPS) is 29.8. The zero-order chi connectivity index (χ0) is 23.2. The van der Waals surface area contributed by atoms with Crippen molar-refractivity contribution in [3.05, 3.63) is 65.0 Å². The molecule has 4 nitrogen and oxygen atoms in total. The third-order valence-corrected chi connectivity index (χ3v) is 7.96. The van der Waals surface area contributed by atoms with Gasteiger partial charge in [-0.2, -0.15) is 13.2 Å². The summed E-state index contributed by atoms with van der Waals surface area (Å²) >= 11 is 0. The maximum Gasteiger partial charge on any atom is 0.416 e. The highest BCUT2D eigenvalue weighted by atomic mass is 19.4. The van der Waals surface area contributed by atoms with Crippen molar-refractivity contribution in [3.63, 3.8) is 0 Å². The molecule has 0 saturated carbocycles. The fourth-order valence-corrected chi connectivity index (χ4v) is 6.39. The van der Waals surface area contributed by atoms with Gasteiger partial charge in [-0.15, -0.1) is 0 Å². The van der Waals surface area contributed by atoms with Gasteiger partial charge in [-0.3, -0.25) is 9.78 Å². The van der Waals surface area contributed by atoms with Crippen LogP contribution in [-0.4, -0.2) is 35.4 Å². The van der Waals surface area contributed by atoms with Gasteiger partial charge in [0.25, 0.3) is 0 Å². The van der Waals surface area contributed by atoms with Gasteiger partial charge in [0.2, 0.25) is 5.91 Å². The van der Waals surface area contributed by atoms with Gasteiger partial charge in [-0.05, 0) is 55.2 Å². The maximum atomic E-state index is 14.1. The molecule has 1 amide bonds. The number of piperidine rings is 1. The van der Waals surface area contributed by atoms with Gasteiger partial charge in [-0.25, -0.2) is 0 Å². The number of rotatable bonds is 2. The molecule has 1 aromatic heterocycles. The zero-order valence-electron chi connectivity index (χ0n) is 18.9. The van der Waals surface area contributed by atoms with E-state index in [1.165, 1.54) is 6.20 Å². The van der Waals surface area contributed by atoms with Crippen molar-refractivity contribution in [2.45, 2.75) is 56.7 Å². The van der Waals surface area contributed by atoms with Crippen LogP contribution in [0.3, 0.4) is 0 Å². The minimum absolute atomic E-state index is 0.0226. The number of alkyl halides is 3. The Morgan fingerprint density at radius 2 is 2.00 bits per heavy atom. The number of hydrogen-bond donors (Lipinski definition) is 1. The molecular weight excluding hydrogens is 427 g/mol. The van der Waals surface area contributed by atoms with Gasteiger partial charge in [0.1, 0.15) is 0 Å². The van der Waals surface area contributed by atoms with Gasteiger partial charge >= 0.3 is 6.18 Å². The number of pyridine rings is 1. The Bertz CT molecular complexity index is 1030. The van der Waals surface area contributed by atoms with E-state index in [1.807, 2.05) is 35.2 Å². The molecule has 4 atom stereocenters. The summed E-state index contributed by atoms with van der Waals surface area (Å²) in [6.07, 6.45) is 0.404. The molecule has 7 heteroatoms. The number of carbonyl (C=O) groups excluding carboxylic acids is 1. The van der Waals surface area contributed by atoms with Gasteiger partial charge < -0.3 is 10.2 Å². The van der Waals surface area contributed by atoms with Crippen molar-refractivity contribution < 1.29 is 18.0 Å². The highest BCUT2D eigenvalue weighted by molar-refractivity contribution is 5.82. The molecule has 5 rings (SSSR count). The van der Waals surface area contributed by atoms with Gasteiger partial charge in [0, 0.05) is 36.9 Å². The van der Waals surface area contributed by atoms with Gasteiger partial charge in [-0.1, -0.05) is 37.3 Å². The van der Waals surface area contributed by atoms with E-state index in [4.69, 9.17) is 0 Å². The van der Waals surface area contributed by atoms with Crippen LogP contribution >= 0.6 is 0 Å². The molecule has 3 aliphatic rings. The molecule has 2 aromatic rings. The summed E-state index contributed by atoms with van der Waals surface area (Å²) in [5.74, 6) is -0.0570. The zero-order valence-corrected chi connectivity index (χ0v) is 18.9. The van der Waals surface area contributed by atoms with E-state index in [9.17, 15) is 18.0 Å². The molecule has 1 spiro atoms. The molecule has 0 bridgehead atoms. The number of benzene rings is 1. The van der Waals surface area contributed by atoms with E-state index in [2.05, 4.69) is 17.2 Å². The van der Waals surface area contributed by atoms with Crippen LogP contribution in [0.4, 0.5) is 13.2 Å². The number of aryl methyl sites for hydroxylation is 1.